The zero-order valence-electron chi connectivity index (χ0n) is 15.8. The van der Waals surface area contributed by atoms with Crippen molar-refractivity contribution in [2.45, 2.75) is 39.0 Å². The molecule has 1 N–H and O–H groups in total. The van der Waals surface area contributed by atoms with Gasteiger partial charge in [-0.3, -0.25) is 9.48 Å². The fourth-order valence-corrected chi connectivity index (χ4v) is 3.82. The molecule has 0 saturated carbocycles. The Bertz CT molecular complexity index is 856. The van der Waals surface area contributed by atoms with Gasteiger partial charge in [-0.15, -0.1) is 0 Å². The lowest BCUT2D eigenvalue weighted by Crippen LogP contribution is -2.16. The van der Waals surface area contributed by atoms with Crippen LogP contribution in [0.1, 0.15) is 44.7 Å². The van der Waals surface area contributed by atoms with Gasteiger partial charge in [-0.1, -0.05) is 20.8 Å². The summed E-state index contributed by atoms with van der Waals surface area (Å²) in [5.74, 6) is 0.952. The Balaban J connectivity index is 1.89. The fourth-order valence-electron chi connectivity index (χ4n) is 2.40. The molecule has 0 aliphatic rings. The SMILES string of the molecule is Cn1ncc(C#N)c1NC(=O)CCCOc1c(Br)cc(C(C)(C)C)cc1Br. The van der Waals surface area contributed by atoms with Gasteiger partial charge in [0.1, 0.15) is 23.2 Å². The topological polar surface area (TPSA) is 79.9 Å². The molecule has 0 saturated heterocycles. The predicted octanol–water partition coefficient (Wildman–Crippen LogP) is 4.91. The van der Waals surface area contributed by atoms with Crippen molar-refractivity contribution in [3.8, 4) is 11.8 Å². The summed E-state index contributed by atoms with van der Waals surface area (Å²) in [6.07, 6.45) is 2.26. The van der Waals surface area contributed by atoms with Gasteiger partial charge in [0.2, 0.25) is 5.91 Å². The van der Waals surface area contributed by atoms with Gasteiger partial charge in [-0.25, -0.2) is 0 Å². The number of amides is 1. The Kier molecular flexibility index (Phi) is 7.06. The molecule has 0 radical (unpaired) electrons. The van der Waals surface area contributed by atoms with Gasteiger partial charge in [0.15, 0.2) is 0 Å². The minimum absolute atomic E-state index is 0.0374. The van der Waals surface area contributed by atoms with E-state index >= 15 is 0 Å². The number of nitrogens with zero attached hydrogens (tertiary/aromatic N) is 3. The van der Waals surface area contributed by atoms with Crippen LogP contribution < -0.4 is 10.1 Å². The summed E-state index contributed by atoms with van der Waals surface area (Å²) in [7, 11) is 1.68. The Morgan fingerprint density at radius 2 is 1.96 bits per heavy atom. The molecule has 0 fully saturated rings. The highest BCUT2D eigenvalue weighted by atomic mass is 79.9. The zero-order valence-corrected chi connectivity index (χ0v) is 18.9. The van der Waals surface area contributed by atoms with E-state index in [1.807, 2.05) is 6.07 Å². The van der Waals surface area contributed by atoms with Crippen molar-refractivity contribution in [1.82, 2.24) is 9.78 Å². The third kappa shape index (κ3) is 5.56. The fraction of sp³-hybridized carbons (Fsp3) is 0.421. The molecule has 0 aliphatic carbocycles. The van der Waals surface area contributed by atoms with Crippen molar-refractivity contribution >= 4 is 43.6 Å². The molecule has 0 bridgehead atoms. The van der Waals surface area contributed by atoms with Gasteiger partial charge >= 0.3 is 0 Å². The number of ether oxygens (including phenoxy) is 1. The summed E-state index contributed by atoms with van der Waals surface area (Å²) in [5, 5.41) is 15.7. The van der Waals surface area contributed by atoms with Gasteiger partial charge < -0.3 is 10.1 Å². The maximum absolute atomic E-state index is 12.1. The van der Waals surface area contributed by atoms with Crippen LogP contribution in [-0.4, -0.2) is 22.3 Å². The summed E-state index contributed by atoms with van der Waals surface area (Å²) in [6.45, 7) is 6.86. The Labute approximate surface area is 176 Å². The van der Waals surface area contributed by atoms with Crippen LogP contribution in [0.2, 0.25) is 0 Å². The second kappa shape index (κ2) is 8.89. The van der Waals surface area contributed by atoms with Crippen molar-refractivity contribution in [3.05, 3.63) is 38.4 Å². The third-order valence-electron chi connectivity index (χ3n) is 3.98. The second-order valence-electron chi connectivity index (χ2n) is 7.16. The molecule has 0 unspecified atom stereocenters. The first-order chi connectivity index (χ1) is 12.6. The van der Waals surface area contributed by atoms with Crippen molar-refractivity contribution in [3.63, 3.8) is 0 Å². The standard InChI is InChI=1S/C19H22Br2N4O2/c1-19(2,3)13-8-14(20)17(15(21)9-13)27-7-5-6-16(26)24-18-12(10-22)11-23-25(18)4/h8-9,11H,5-7H2,1-4H3,(H,24,26). The molecule has 1 aromatic heterocycles. The maximum atomic E-state index is 12.1. The molecule has 1 heterocycles. The number of aromatic nitrogens is 2. The van der Waals surface area contributed by atoms with E-state index in [4.69, 9.17) is 10.00 Å². The minimum atomic E-state index is -0.181. The number of benzene rings is 1. The molecular weight excluding hydrogens is 476 g/mol. The van der Waals surface area contributed by atoms with Gasteiger partial charge in [-0.2, -0.15) is 10.4 Å². The van der Waals surface area contributed by atoms with Crippen LogP contribution in [0.15, 0.2) is 27.3 Å². The molecule has 1 aromatic carbocycles. The van der Waals surface area contributed by atoms with Crippen LogP contribution in [0, 0.1) is 11.3 Å². The smallest absolute Gasteiger partial charge is 0.225 e. The van der Waals surface area contributed by atoms with E-state index < -0.39 is 0 Å². The number of carbonyl (C=O) groups is 1. The van der Waals surface area contributed by atoms with E-state index in [9.17, 15) is 4.79 Å². The lowest BCUT2D eigenvalue weighted by Gasteiger charge is -2.21. The van der Waals surface area contributed by atoms with Crippen molar-refractivity contribution < 1.29 is 9.53 Å². The monoisotopic (exact) mass is 496 g/mol. The Morgan fingerprint density at radius 1 is 1.33 bits per heavy atom. The van der Waals surface area contributed by atoms with Gasteiger partial charge in [-0.05, 0) is 61.4 Å². The van der Waals surface area contributed by atoms with Crippen LogP contribution in [0.5, 0.6) is 5.75 Å². The highest BCUT2D eigenvalue weighted by molar-refractivity contribution is 9.11. The number of carbonyl (C=O) groups excluding carboxylic acids is 1. The summed E-state index contributed by atoms with van der Waals surface area (Å²) in [6, 6.07) is 6.11. The molecule has 0 aliphatic heterocycles. The number of aryl methyl sites for hydroxylation is 1. The summed E-state index contributed by atoms with van der Waals surface area (Å²) < 4.78 is 9.07. The lowest BCUT2D eigenvalue weighted by atomic mass is 9.87. The molecule has 144 valence electrons. The minimum Gasteiger partial charge on any atom is -0.491 e. The van der Waals surface area contributed by atoms with E-state index in [0.717, 1.165) is 14.7 Å². The maximum Gasteiger partial charge on any atom is 0.225 e. The average Bonchev–Trinajstić information content (AvgIpc) is 2.92. The molecule has 2 rings (SSSR count). The van der Waals surface area contributed by atoms with Crippen molar-refractivity contribution in [2.24, 2.45) is 7.05 Å². The molecule has 27 heavy (non-hydrogen) atoms. The van der Waals surface area contributed by atoms with Crippen molar-refractivity contribution in [1.29, 1.82) is 5.26 Å². The predicted molar refractivity (Wildman–Crippen MR) is 112 cm³/mol. The van der Waals surface area contributed by atoms with Crippen LogP contribution in [0.3, 0.4) is 0 Å². The van der Waals surface area contributed by atoms with Gasteiger partial charge in [0, 0.05) is 13.5 Å². The number of hydrogen-bond donors (Lipinski definition) is 1. The normalized spacial score (nSPS) is 11.1. The number of hydrogen-bond acceptors (Lipinski definition) is 4. The highest BCUT2D eigenvalue weighted by Crippen LogP contribution is 2.38. The zero-order chi connectivity index (χ0) is 20.2. The van der Waals surface area contributed by atoms with Gasteiger partial charge in [0.05, 0.1) is 21.7 Å². The van der Waals surface area contributed by atoms with Crippen molar-refractivity contribution in [2.75, 3.05) is 11.9 Å². The van der Waals surface area contributed by atoms with E-state index in [1.54, 1.807) is 7.05 Å². The highest BCUT2D eigenvalue weighted by Gasteiger charge is 2.18. The van der Waals surface area contributed by atoms with Gasteiger partial charge in [0.25, 0.3) is 0 Å². The number of anilines is 1. The van der Waals surface area contributed by atoms with Crippen LogP contribution in [0.4, 0.5) is 5.82 Å². The van der Waals surface area contributed by atoms with E-state index in [-0.39, 0.29) is 17.7 Å². The second-order valence-corrected chi connectivity index (χ2v) is 8.87. The number of nitriles is 1. The summed E-state index contributed by atoms with van der Waals surface area (Å²) in [4.78, 5) is 12.1. The van der Waals surface area contributed by atoms with Crippen LogP contribution in [0.25, 0.3) is 0 Å². The third-order valence-corrected chi connectivity index (χ3v) is 5.15. The quantitative estimate of drug-likeness (QED) is 0.575. The van der Waals surface area contributed by atoms with Crippen LogP contribution in [-0.2, 0) is 17.3 Å². The summed E-state index contributed by atoms with van der Waals surface area (Å²) in [5.41, 5.74) is 1.57. The first kappa shape index (κ1) is 21.5. The molecule has 1 amide bonds. The molecule has 2 aromatic rings. The summed E-state index contributed by atoms with van der Waals surface area (Å²) >= 11 is 7.12. The Hall–Kier alpha value is -1.85. The molecule has 0 spiro atoms. The average molecular weight is 498 g/mol. The number of halogens is 2. The molecule has 6 nitrogen and oxygen atoms in total. The largest absolute Gasteiger partial charge is 0.491 e. The first-order valence-electron chi connectivity index (χ1n) is 8.47. The van der Waals surface area contributed by atoms with Crippen LogP contribution >= 0.6 is 31.9 Å². The van der Waals surface area contributed by atoms with E-state index in [2.05, 4.69) is 75.2 Å². The first-order valence-corrected chi connectivity index (χ1v) is 10.1. The number of rotatable bonds is 6. The van der Waals surface area contributed by atoms with E-state index in [1.165, 1.54) is 16.4 Å². The molecule has 0 atom stereocenters. The lowest BCUT2D eigenvalue weighted by molar-refractivity contribution is -0.116. The molecular formula is C19H22Br2N4O2. The Morgan fingerprint density at radius 3 is 2.52 bits per heavy atom. The molecule has 8 heteroatoms. The number of nitrogens with one attached hydrogen (secondary N) is 1. The van der Waals surface area contributed by atoms with E-state index in [0.29, 0.717) is 24.4 Å².